The zero-order valence-electron chi connectivity index (χ0n) is 16.2. The van der Waals surface area contributed by atoms with Crippen molar-refractivity contribution in [3.05, 3.63) is 94.8 Å². The fraction of sp³-hybridized carbons (Fsp3) is 0.136. The van der Waals surface area contributed by atoms with E-state index in [1.807, 2.05) is 18.2 Å². The first-order valence-electron chi connectivity index (χ1n) is 9.09. The number of nitrogens with one attached hydrogen (secondary N) is 1. The van der Waals surface area contributed by atoms with Crippen molar-refractivity contribution in [2.24, 2.45) is 0 Å². The highest BCUT2D eigenvalue weighted by Crippen LogP contribution is 2.19. The first-order valence-corrected chi connectivity index (χ1v) is 11.0. The topological polar surface area (TPSA) is 66.5 Å². The molecule has 0 fully saturated rings. The summed E-state index contributed by atoms with van der Waals surface area (Å²) in [6.45, 7) is 0.397. The van der Waals surface area contributed by atoms with Gasteiger partial charge in [-0.05, 0) is 53.6 Å². The number of hydrogen-bond acceptors (Lipinski definition) is 3. The van der Waals surface area contributed by atoms with Crippen LogP contribution >= 0.6 is 11.6 Å². The molecular weight excluding hydrogens is 427 g/mol. The van der Waals surface area contributed by atoms with E-state index in [4.69, 9.17) is 11.6 Å². The number of nitrogens with zero attached hydrogens (tertiary/aromatic N) is 1. The molecule has 1 N–H and O–H groups in total. The lowest BCUT2D eigenvalue weighted by Gasteiger charge is -2.18. The molecule has 5 nitrogen and oxygen atoms in total. The third kappa shape index (κ3) is 5.58. The maximum Gasteiger partial charge on any atom is 0.261 e. The van der Waals surface area contributed by atoms with Crippen LogP contribution in [0.5, 0.6) is 0 Å². The molecule has 0 heterocycles. The molecule has 0 aliphatic heterocycles. The second-order valence-corrected chi connectivity index (χ2v) is 8.86. The second kappa shape index (κ2) is 9.28. The molecule has 0 bridgehead atoms. The van der Waals surface area contributed by atoms with E-state index in [0.717, 1.165) is 23.3 Å². The number of benzene rings is 3. The van der Waals surface area contributed by atoms with Crippen LogP contribution in [0.15, 0.2) is 77.7 Å². The van der Waals surface area contributed by atoms with Crippen molar-refractivity contribution in [3.8, 4) is 0 Å². The lowest BCUT2D eigenvalue weighted by Crippen LogP contribution is -2.27. The Morgan fingerprint density at radius 3 is 2.27 bits per heavy atom. The highest BCUT2D eigenvalue weighted by Gasteiger charge is 2.15. The first-order chi connectivity index (χ1) is 14.2. The zero-order chi connectivity index (χ0) is 21.7. The van der Waals surface area contributed by atoms with Gasteiger partial charge in [0.1, 0.15) is 5.82 Å². The van der Waals surface area contributed by atoms with Gasteiger partial charge in [-0.15, -0.1) is 0 Å². The van der Waals surface area contributed by atoms with E-state index >= 15 is 0 Å². The maximum atomic E-state index is 13.0. The van der Waals surface area contributed by atoms with Crippen molar-refractivity contribution in [2.45, 2.75) is 17.9 Å². The molecule has 0 aromatic heterocycles. The Labute approximate surface area is 180 Å². The SMILES string of the molecule is CN(Cc1ccccc1Cl)C(=O)Cc1ccc(NS(=O)(=O)c2ccc(F)cc2)cc1. The highest BCUT2D eigenvalue weighted by atomic mass is 35.5. The number of halogens is 2. The van der Waals surface area contributed by atoms with E-state index in [0.29, 0.717) is 17.3 Å². The van der Waals surface area contributed by atoms with Gasteiger partial charge in [-0.1, -0.05) is 41.9 Å². The Morgan fingerprint density at radius 1 is 1.00 bits per heavy atom. The van der Waals surface area contributed by atoms with E-state index in [1.54, 1.807) is 42.3 Å². The Hall–Kier alpha value is -2.90. The summed E-state index contributed by atoms with van der Waals surface area (Å²) in [4.78, 5) is 14.0. The Kier molecular flexibility index (Phi) is 6.74. The number of sulfonamides is 1. The van der Waals surface area contributed by atoms with Gasteiger partial charge >= 0.3 is 0 Å². The average molecular weight is 447 g/mol. The minimum Gasteiger partial charge on any atom is -0.341 e. The molecule has 156 valence electrons. The van der Waals surface area contributed by atoms with E-state index < -0.39 is 15.8 Å². The van der Waals surface area contributed by atoms with Crippen LogP contribution in [0.25, 0.3) is 0 Å². The smallest absolute Gasteiger partial charge is 0.261 e. The number of carbonyl (C=O) groups excluding carboxylic acids is 1. The monoisotopic (exact) mass is 446 g/mol. The standard InChI is InChI=1S/C22H20ClFN2O3S/c1-26(15-17-4-2-3-5-21(17)23)22(27)14-16-6-10-19(11-7-16)25-30(28,29)20-12-8-18(24)9-13-20/h2-13,25H,14-15H2,1H3. The lowest BCUT2D eigenvalue weighted by molar-refractivity contribution is -0.129. The lowest BCUT2D eigenvalue weighted by atomic mass is 10.1. The molecule has 30 heavy (non-hydrogen) atoms. The van der Waals surface area contributed by atoms with Crippen LogP contribution in [0, 0.1) is 5.82 Å². The summed E-state index contributed by atoms with van der Waals surface area (Å²) in [5.74, 6) is -0.600. The number of carbonyl (C=O) groups is 1. The highest BCUT2D eigenvalue weighted by molar-refractivity contribution is 7.92. The van der Waals surface area contributed by atoms with Crippen molar-refractivity contribution < 1.29 is 17.6 Å². The van der Waals surface area contributed by atoms with Crippen LogP contribution in [-0.4, -0.2) is 26.3 Å². The molecule has 3 aromatic rings. The maximum absolute atomic E-state index is 13.0. The summed E-state index contributed by atoms with van der Waals surface area (Å²) in [5, 5.41) is 0.606. The fourth-order valence-electron chi connectivity index (χ4n) is 2.80. The van der Waals surface area contributed by atoms with Crippen LogP contribution in [0.2, 0.25) is 5.02 Å². The normalized spacial score (nSPS) is 11.2. The average Bonchev–Trinajstić information content (AvgIpc) is 2.71. The van der Waals surface area contributed by atoms with Gasteiger partial charge in [0, 0.05) is 24.3 Å². The minimum atomic E-state index is -3.82. The second-order valence-electron chi connectivity index (χ2n) is 6.77. The number of amides is 1. The van der Waals surface area contributed by atoms with Gasteiger partial charge < -0.3 is 4.90 Å². The van der Waals surface area contributed by atoms with Crippen molar-refractivity contribution in [1.29, 1.82) is 0 Å². The quantitative estimate of drug-likeness (QED) is 0.581. The number of rotatable bonds is 7. The Morgan fingerprint density at radius 2 is 1.63 bits per heavy atom. The molecule has 0 saturated carbocycles. The molecule has 0 radical (unpaired) electrons. The van der Waals surface area contributed by atoms with Crippen LogP contribution in [0.4, 0.5) is 10.1 Å². The number of hydrogen-bond donors (Lipinski definition) is 1. The van der Waals surface area contributed by atoms with Crippen molar-refractivity contribution in [1.82, 2.24) is 4.90 Å². The van der Waals surface area contributed by atoms with Crippen molar-refractivity contribution >= 4 is 33.2 Å². The van der Waals surface area contributed by atoms with Crippen LogP contribution < -0.4 is 4.72 Å². The predicted molar refractivity (Wildman–Crippen MR) is 115 cm³/mol. The van der Waals surface area contributed by atoms with Gasteiger partial charge in [-0.3, -0.25) is 9.52 Å². The van der Waals surface area contributed by atoms with Crippen molar-refractivity contribution in [3.63, 3.8) is 0 Å². The van der Waals surface area contributed by atoms with Gasteiger partial charge in [-0.25, -0.2) is 12.8 Å². The molecule has 0 saturated heterocycles. The molecule has 3 rings (SSSR count). The first kappa shape index (κ1) is 21.8. The molecule has 0 spiro atoms. The summed E-state index contributed by atoms with van der Waals surface area (Å²) >= 11 is 6.14. The molecule has 3 aromatic carbocycles. The van der Waals surface area contributed by atoms with Gasteiger partial charge in [-0.2, -0.15) is 0 Å². The molecule has 0 atom stereocenters. The summed E-state index contributed by atoms with van der Waals surface area (Å²) in [6.07, 6.45) is 0.173. The fourth-order valence-corrected chi connectivity index (χ4v) is 4.05. The van der Waals surface area contributed by atoms with Crippen LogP contribution in [0.3, 0.4) is 0 Å². The van der Waals surface area contributed by atoms with E-state index in [9.17, 15) is 17.6 Å². The third-order valence-corrected chi connectivity index (χ3v) is 6.24. The summed E-state index contributed by atoms with van der Waals surface area (Å²) in [7, 11) is -2.12. The Bertz CT molecular complexity index is 1130. The molecule has 8 heteroatoms. The summed E-state index contributed by atoms with van der Waals surface area (Å²) < 4.78 is 40.2. The summed E-state index contributed by atoms with van der Waals surface area (Å²) in [6, 6.07) is 18.4. The molecule has 0 aliphatic carbocycles. The number of likely N-dealkylation sites (N-methyl/N-ethyl adjacent to an activating group) is 1. The van der Waals surface area contributed by atoms with Gasteiger partial charge in [0.15, 0.2) is 0 Å². The van der Waals surface area contributed by atoms with Gasteiger partial charge in [0.25, 0.3) is 10.0 Å². The summed E-state index contributed by atoms with van der Waals surface area (Å²) in [5.41, 5.74) is 1.95. The largest absolute Gasteiger partial charge is 0.341 e. The molecular formula is C22H20ClFN2O3S. The minimum absolute atomic E-state index is 0.0376. The third-order valence-electron chi connectivity index (χ3n) is 4.48. The van der Waals surface area contributed by atoms with E-state index in [-0.39, 0.29) is 17.2 Å². The zero-order valence-corrected chi connectivity index (χ0v) is 17.8. The van der Waals surface area contributed by atoms with E-state index in [1.165, 1.54) is 12.1 Å². The molecule has 0 aliphatic rings. The van der Waals surface area contributed by atoms with Gasteiger partial charge in [0.05, 0.1) is 11.3 Å². The van der Waals surface area contributed by atoms with E-state index in [2.05, 4.69) is 4.72 Å². The van der Waals surface area contributed by atoms with Gasteiger partial charge in [0.2, 0.25) is 5.91 Å². The molecule has 1 amide bonds. The molecule has 0 unspecified atom stereocenters. The Balaban J connectivity index is 1.62. The number of anilines is 1. The van der Waals surface area contributed by atoms with Crippen LogP contribution in [-0.2, 0) is 27.8 Å². The van der Waals surface area contributed by atoms with Crippen molar-refractivity contribution in [2.75, 3.05) is 11.8 Å². The van der Waals surface area contributed by atoms with Crippen LogP contribution in [0.1, 0.15) is 11.1 Å². The predicted octanol–water partition coefficient (Wildman–Crippen LogP) is 4.48.